The Morgan fingerprint density at radius 2 is 2.25 bits per heavy atom. The minimum absolute atomic E-state index is 0.372. The van der Waals surface area contributed by atoms with Gasteiger partial charge in [0.05, 0.1) is 12.2 Å². The standard InChI is InChI=1S/C12H13ClN2O/c1-2-10-11(7-14)16-12(15-10)8-4-3-5-9(13)6-8/h3-6H,2,7,14H2,1H3. The fraction of sp³-hybridized carbons (Fsp3) is 0.250. The number of nitrogens with zero attached hydrogens (tertiary/aromatic N) is 1. The number of nitrogens with two attached hydrogens (primary N) is 1. The van der Waals surface area contributed by atoms with Crippen molar-refractivity contribution in [1.82, 2.24) is 4.98 Å². The zero-order valence-electron chi connectivity index (χ0n) is 9.03. The Balaban J connectivity index is 2.44. The molecule has 1 aromatic heterocycles. The molecular formula is C12H13ClN2O. The highest BCUT2D eigenvalue weighted by Crippen LogP contribution is 2.24. The van der Waals surface area contributed by atoms with Crippen molar-refractivity contribution in [3.63, 3.8) is 0 Å². The average molecular weight is 237 g/mol. The van der Waals surface area contributed by atoms with Gasteiger partial charge in [0.1, 0.15) is 5.76 Å². The average Bonchev–Trinajstić information content (AvgIpc) is 2.72. The molecule has 0 saturated carbocycles. The second kappa shape index (κ2) is 4.68. The Labute approximate surface area is 99.2 Å². The van der Waals surface area contributed by atoms with E-state index in [1.54, 1.807) is 0 Å². The molecule has 0 saturated heterocycles. The number of rotatable bonds is 3. The smallest absolute Gasteiger partial charge is 0.226 e. The number of benzene rings is 1. The molecule has 2 N–H and O–H groups in total. The molecule has 2 aromatic rings. The lowest BCUT2D eigenvalue weighted by Crippen LogP contribution is -1.97. The summed E-state index contributed by atoms with van der Waals surface area (Å²) in [5.41, 5.74) is 7.38. The highest BCUT2D eigenvalue weighted by atomic mass is 35.5. The summed E-state index contributed by atoms with van der Waals surface area (Å²) in [5, 5.41) is 0.669. The second-order valence-corrected chi connectivity index (χ2v) is 3.89. The van der Waals surface area contributed by atoms with E-state index >= 15 is 0 Å². The van der Waals surface area contributed by atoms with Crippen LogP contribution in [0.3, 0.4) is 0 Å². The summed E-state index contributed by atoms with van der Waals surface area (Å²) in [7, 11) is 0. The van der Waals surface area contributed by atoms with Gasteiger partial charge in [0.15, 0.2) is 0 Å². The van der Waals surface area contributed by atoms with E-state index in [4.69, 9.17) is 21.8 Å². The molecule has 0 amide bonds. The van der Waals surface area contributed by atoms with Crippen LogP contribution in [-0.4, -0.2) is 4.98 Å². The second-order valence-electron chi connectivity index (χ2n) is 3.46. The van der Waals surface area contributed by atoms with Crippen LogP contribution >= 0.6 is 11.6 Å². The van der Waals surface area contributed by atoms with Gasteiger partial charge in [0.25, 0.3) is 0 Å². The maximum atomic E-state index is 5.91. The quantitative estimate of drug-likeness (QED) is 0.891. The molecule has 0 atom stereocenters. The fourth-order valence-corrected chi connectivity index (χ4v) is 1.75. The summed E-state index contributed by atoms with van der Waals surface area (Å²) < 4.78 is 5.60. The van der Waals surface area contributed by atoms with Crippen molar-refractivity contribution in [1.29, 1.82) is 0 Å². The third kappa shape index (κ3) is 2.10. The van der Waals surface area contributed by atoms with Gasteiger partial charge in [0.2, 0.25) is 5.89 Å². The van der Waals surface area contributed by atoms with E-state index in [1.165, 1.54) is 0 Å². The first-order valence-corrected chi connectivity index (χ1v) is 5.57. The van der Waals surface area contributed by atoms with Gasteiger partial charge in [-0.1, -0.05) is 24.6 Å². The fourth-order valence-electron chi connectivity index (χ4n) is 1.56. The normalized spacial score (nSPS) is 10.7. The van der Waals surface area contributed by atoms with Crippen LogP contribution in [0.5, 0.6) is 0 Å². The molecule has 0 unspecified atom stereocenters. The van der Waals surface area contributed by atoms with Crippen LogP contribution in [0, 0.1) is 0 Å². The van der Waals surface area contributed by atoms with Gasteiger partial charge in [-0.05, 0) is 24.6 Å². The highest BCUT2D eigenvalue weighted by Gasteiger charge is 2.11. The first-order chi connectivity index (χ1) is 7.74. The van der Waals surface area contributed by atoms with Crippen molar-refractivity contribution in [3.8, 4) is 11.5 Å². The third-order valence-corrected chi connectivity index (χ3v) is 2.61. The van der Waals surface area contributed by atoms with Gasteiger partial charge in [-0.3, -0.25) is 0 Å². The molecular weight excluding hydrogens is 224 g/mol. The van der Waals surface area contributed by atoms with Crippen LogP contribution in [0.25, 0.3) is 11.5 Å². The van der Waals surface area contributed by atoms with E-state index in [2.05, 4.69) is 4.98 Å². The maximum absolute atomic E-state index is 5.91. The van der Waals surface area contributed by atoms with Gasteiger partial charge in [-0.15, -0.1) is 0 Å². The van der Waals surface area contributed by atoms with Crippen LogP contribution in [-0.2, 0) is 13.0 Å². The number of oxazole rings is 1. The molecule has 0 aliphatic carbocycles. The Morgan fingerprint density at radius 3 is 2.81 bits per heavy atom. The molecule has 16 heavy (non-hydrogen) atoms. The SMILES string of the molecule is CCc1nc(-c2cccc(Cl)c2)oc1CN. The van der Waals surface area contributed by atoms with Gasteiger partial charge < -0.3 is 10.2 Å². The molecule has 1 heterocycles. The van der Waals surface area contributed by atoms with E-state index in [1.807, 2.05) is 31.2 Å². The molecule has 0 fully saturated rings. The van der Waals surface area contributed by atoms with E-state index in [0.29, 0.717) is 17.5 Å². The summed E-state index contributed by atoms with van der Waals surface area (Å²) in [4.78, 5) is 4.41. The number of aromatic nitrogens is 1. The lowest BCUT2D eigenvalue weighted by Gasteiger charge is -1.95. The minimum atomic E-state index is 0.372. The molecule has 84 valence electrons. The monoisotopic (exact) mass is 236 g/mol. The van der Waals surface area contributed by atoms with Gasteiger partial charge in [-0.2, -0.15) is 0 Å². The van der Waals surface area contributed by atoms with E-state index in [9.17, 15) is 0 Å². The summed E-state index contributed by atoms with van der Waals surface area (Å²) in [6.45, 7) is 2.40. The molecule has 1 aromatic carbocycles. The molecule has 3 nitrogen and oxygen atoms in total. The molecule has 0 aliphatic rings. The molecule has 2 rings (SSSR count). The van der Waals surface area contributed by atoms with Crippen LogP contribution in [0.2, 0.25) is 5.02 Å². The van der Waals surface area contributed by atoms with Crippen LogP contribution < -0.4 is 5.73 Å². The van der Waals surface area contributed by atoms with Crippen molar-refractivity contribution in [3.05, 3.63) is 40.7 Å². The van der Waals surface area contributed by atoms with E-state index in [0.717, 1.165) is 23.4 Å². The zero-order valence-corrected chi connectivity index (χ0v) is 9.79. The summed E-state index contributed by atoms with van der Waals surface area (Å²) in [5.74, 6) is 1.33. The molecule has 0 aliphatic heterocycles. The highest BCUT2D eigenvalue weighted by molar-refractivity contribution is 6.30. The Morgan fingerprint density at radius 1 is 1.44 bits per heavy atom. The first kappa shape index (κ1) is 11.2. The Hall–Kier alpha value is -1.32. The lowest BCUT2D eigenvalue weighted by molar-refractivity contribution is 0.517. The maximum Gasteiger partial charge on any atom is 0.226 e. The van der Waals surface area contributed by atoms with Crippen LogP contribution in [0.1, 0.15) is 18.4 Å². The number of hydrogen-bond donors (Lipinski definition) is 1. The van der Waals surface area contributed by atoms with Crippen LogP contribution in [0.15, 0.2) is 28.7 Å². The van der Waals surface area contributed by atoms with Crippen molar-refractivity contribution < 1.29 is 4.42 Å². The molecule has 0 bridgehead atoms. The molecule has 0 radical (unpaired) electrons. The van der Waals surface area contributed by atoms with Crippen molar-refractivity contribution >= 4 is 11.6 Å². The van der Waals surface area contributed by atoms with Crippen molar-refractivity contribution in [2.75, 3.05) is 0 Å². The Bertz CT molecular complexity index is 472. The number of aryl methyl sites for hydroxylation is 1. The van der Waals surface area contributed by atoms with Crippen molar-refractivity contribution in [2.45, 2.75) is 19.9 Å². The van der Waals surface area contributed by atoms with Crippen molar-refractivity contribution in [2.24, 2.45) is 5.73 Å². The summed E-state index contributed by atoms with van der Waals surface area (Å²) in [6, 6.07) is 7.43. The predicted octanol–water partition coefficient (Wildman–Crippen LogP) is 3.02. The Kier molecular flexibility index (Phi) is 3.27. The topological polar surface area (TPSA) is 52.0 Å². The molecule has 4 heteroatoms. The van der Waals surface area contributed by atoms with Gasteiger partial charge in [-0.25, -0.2) is 4.98 Å². The predicted molar refractivity (Wildman–Crippen MR) is 64.2 cm³/mol. The number of hydrogen-bond acceptors (Lipinski definition) is 3. The lowest BCUT2D eigenvalue weighted by atomic mass is 10.2. The summed E-state index contributed by atoms with van der Waals surface area (Å²) in [6.07, 6.45) is 0.816. The first-order valence-electron chi connectivity index (χ1n) is 5.19. The largest absolute Gasteiger partial charge is 0.440 e. The molecule has 0 spiro atoms. The summed E-state index contributed by atoms with van der Waals surface area (Å²) >= 11 is 5.91. The number of halogens is 1. The van der Waals surface area contributed by atoms with E-state index < -0.39 is 0 Å². The van der Waals surface area contributed by atoms with Gasteiger partial charge in [0, 0.05) is 10.6 Å². The zero-order chi connectivity index (χ0) is 11.5. The minimum Gasteiger partial charge on any atom is -0.440 e. The third-order valence-electron chi connectivity index (χ3n) is 2.37. The van der Waals surface area contributed by atoms with E-state index in [-0.39, 0.29) is 0 Å². The van der Waals surface area contributed by atoms with Gasteiger partial charge >= 0.3 is 0 Å². The van der Waals surface area contributed by atoms with Crippen LogP contribution in [0.4, 0.5) is 0 Å².